The summed E-state index contributed by atoms with van der Waals surface area (Å²) in [5, 5.41) is 1.10. The SMILES string of the molecule is NCC1CC(=O)N(CCc2nc3ccccc3s2)C1. The summed E-state index contributed by atoms with van der Waals surface area (Å²) in [5.74, 6) is 0.569. The minimum Gasteiger partial charge on any atom is -0.342 e. The van der Waals surface area contributed by atoms with Crippen LogP contribution in [-0.2, 0) is 11.2 Å². The molecule has 1 saturated heterocycles. The van der Waals surface area contributed by atoms with Gasteiger partial charge in [0.05, 0.1) is 15.2 Å². The maximum absolute atomic E-state index is 11.8. The van der Waals surface area contributed by atoms with E-state index in [0.29, 0.717) is 18.9 Å². The van der Waals surface area contributed by atoms with E-state index in [9.17, 15) is 4.79 Å². The molecule has 0 aliphatic carbocycles. The van der Waals surface area contributed by atoms with Crippen LogP contribution in [0.4, 0.5) is 0 Å². The number of thiazole rings is 1. The number of carbonyl (C=O) groups excluding carboxylic acids is 1. The van der Waals surface area contributed by atoms with Gasteiger partial charge in [-0.05, 0) is 24.6 Å². The smallest absolute Gasteiger partial charge is 0.222 e. The Morgan fingerprint density at radius 1 is 1.42 bits per heavy atom. The number of aromatic nitrogens is 1. The van der Waals surface area contributed by atoms with Crippen LogP contribution in [0, 0.1) is 5.92 Å². The number of likely N-dealkylation sites (tertiary alicyclic amines) is 1. The highest BCUT2D eigenvalue weighted by molar-refractivity contribution is 7.18. The van der Waals surface area contributed by atoms with Gasteiger partial charge in [-0.3, -0.25) is 4.79 Å². The van der Waals surface area contributed by atoms with Gasteiger partial charge in [0, 0.05) is 25.9 Å². The molecule has 0 radical (unpaired) electrons. The van der Waals surface area contributed by atoms with Crippen LogP contribution < -0.4 is 5.73 Å². The van der Waals surface area contributed by atoms with Gasteiger partial charge in [0.1, 0.15) is 0 Å². The van der Waals surface area contributed by atoms with E-state index < -0.39 is 0 Å². The Balaban J connectivity index is 1.64. The lowest BCUT2D eigenvalue weighted by Gasteiger charge is -2.15. The van der Waals surface area contributed by atoms with Crippen LogP contribution in [0.15, 0.2) is 24.3 Å². The first kappa shape index (κ1) is 12.6. The van der Waals surface area contributed by atoms with Crippen molar-refractivity contribution in [1.82, 2.24) is 9.88 Å². The van der Waals surface area contributed by atoms with E-state index in [1.807, 2.05) is 23.1 Å². The Morgan fingerprint density at radius 2 is 2.26 bits per heavy atom. The number of hydrogen-bond acceptors (Lipinski definition) is 4. The third kappa shape index (κ3) is 2.62. The number of nitrogens with two attached hydrogens (primary N) is 1. The zero-order chi connectivity index (χ0) is 13.2. The summed E-state index contributed by atoms with van der Waals surface area (Å²) < 4.78 is 1.21. The Morgan fingerprint density at radius 3 is 3.00 bits per heavy atom. The molecule has 5 heteroatoms. The quantitative estimate of drug-likeness (QED) is 0.923. The molecule has 1 aliphatic heterocycles. The summed E-state index contributed by atoms with van der Waals surface area (Å²) in [7, 11) is 0. The molecule has 1 unspecified atom stereocenters. The lowest BCUT2D eigenvalue weighted by Crippen LogP contribution is -2.28. The molecule has 1 amide bonds. The number of benzene rings is 1. The molecule has 1 atom stereocenters. The average molecular weight is 275 g/mol. The van der Waals surface area contributed by atoms with Crippen molar-refractivity contribution < 1.29 is 4.79 Å². The second kappa shape index (κ2) is 5.27. The van der Waals surface area contributed by atoms with Crippen molar-refractivity contribution in [2.75, 3.05) is 19.6 Å². The molecular formula is C14H17N3OS. The molecule has 4 nitrogen and oxygen atoms in total. The van der Waals surface area contributed by atoms with E-state index in [4.69, 9.17) is 5.73 Å². The van der Waals surface area contributed by atoms with Gasteiger partial charge in [0.15, 0.2) is 0 Å². The highest BCUT2D eigenvalue weighted by Crippen LogP contribution is 2.23. The number of fused-ring (bicyclic) bond motifs is 1. The third-order valence-electron chi connectivity index (χ3n) is 3.56. The molecule has 1 aliphatic rings. The zero-order valence-electron chi connectivity index (χ0n) is 10.7. The van der Waals surface area contributed by atoms with Gasteiger partial charge in [-0.1, -0.05) is 12.1 Å². The second-order valence-electron chi connectivity index (χ2n) is 4.97. The maximum atomic E-state index is 11.8. The van der Waals surface area contributed by atoms with Crippen molar-refractivity contribution in [2.24, 2.45) is 11.7 Å². The first-order valence-corrected chi connectivity index (χ1v) is 7.40. The van der Waals surface area contributed by atoms with Gasteiger partial charge < -0.3 is 10.6 Å². The van der Waals surface area contributed by atoms with Crippen LogP contribution >= 0.6 is 11.3 Å². The first-order valence-electron chi connectivity index (χ1n) is 6.58. The fourth-order valence-electron chi connectivity index (χ4n) is 2.49. The Labute approximate surface area is 116 Å². The molecule has 1 fully saturated rings. The van der Waals surface area contributed by atoms with Crippen molar-refractivity contribution in [3.63, 3.8) is 0 Å². The number of para-hydroxylation sites is 1. The fraction of sp³-hybridized carbons (Fsp3) is 0.429. The Bertz CT molecular complexity index is 562. The van der Waals surface area contributed by atoms with E-state index in [0.717, 1.165) is 30.0 Å². The Kier molecular flexibility index (Phi) is 3.48. The van der Waals surface area contributed by atoms with Crippen LogP contribution in [0.2, 0.25) is 0 Å². The van der Waals surface area contributed by atoms with E-state index in [2.05, 4.69) is 11.1 Å². The summed E-state index contributed by atoms with van der Waals surface area (Å²) >= 11 is 1.71. The molecule has 0 bridgehead atoms. The zero-order valence-corrected chi connectivity index (χ0v) is 11.5. The van der Waals surface area contributed by atoms with Crippen LogP contribution in [0.5, 0.6) is 0 Å². The third-order valence-corrected chi connectivity index (χ3v) is 4.66. The van der Waals surface area contributed by atoms with Gasteiger partial charge in [0.2, 0.25) is 5.91 Å². The molecule has 100 valence electrons. The fourth-order valence-corrected chi connectivity index (χ4v) is 3.44. The number of nitrogens with zero attached hydrogens (tertiary/aromatic N) is 2. The maximum Gasteiger partial charge on any atom is 0.222 e. The molecule has 0 spiro atoms. The topological polar surface area (TPSA) is 59.2 Å². The molecule has 0 saturated carbocycles. The van der Waals surface area contributed by atoms with Crippen molar-refractivity contribution in [1.29, 1.82) is 0 Å². The summed E-state index contributed by atoms with van der Waals surface area (Å²) in [5.41, 5.74) is 6.68. The first-order chi connectivity index (χ1) is 9.26. The molecule has 1 aromatic carbocycles. The van der Waals surface area contributed by atoms with E-state index in [1.54, 1.807) is 11.3 Å². The molecule has 2 heterocycles. The highest BCUT2D eigenvalue weighted by atomic mass is 32.1. The summed E-state index contributed by atoms with van der Waals surface area (Å²) in [6.45, 7) is 2.17. The van der Waals surface area contributed by atoms with E-state index in [1.165, 1.54) is 4.70 Å². The monoisotopic (exact) mass is 275 g/mol. The lowest BCUT2D eigenvalue weighted by molar-refractivity contribution is -0.127. The molecule has 19 heavy (non-hydrogen) atoms. The van der Waals surface area contributed by atoms with Crippen molar-refractivity contribution >= 4 is 27.5 Å². The average Bonchev–Trinajstić information content (AvgIpc) is 2.99. The molecule has 3 rings (SSSR count). The van der Waals surface area contributed by atoms with Crippen LogP contribution in [0.1, 0.15) is 11.4 Å². The molecule has 1 aromatic heterocycles. The molecule has 2 N–H and O–H groups in total. The normalized spacial score (nSPS) is 19.5. The number of rotatable bonds is 4. The van der Waals surface area contributed by atoms with Gasteiger partial charge in [-0.25, -0.2) is 4.98 Å². The molecular weight excluding hydrogens is 258 g/mol. The minimum absolute atomic E-state index is 0.233. The van der Waals surface area contributed by atoms with Crippen molar-refractivity contribution in [2.45, 2.75) is 12.8 Å². The minimum atomic E-state index is 0.233. The van der Waals surface area contributed by atoms with Gasteiger partial charge >= 0.3 is 0 Å². The summed E-state index contributed by atoms with van der Waals surface area (Å²) in [6, 6.07) is 8.14. The van der Waals surface area contributed by atoms with Crippen LogP contribution in [0.3, 0.4) is 0 Å². The number of carbonyl (C=O) groups is 1. The number of amides is 1. The van der Waals surface area contributed by atoms with Crippen molar-refractivity contribution in [3.8, 4) is 0 Å². The van der Waals surface area contributed by atoms with E-state index >= 15 is 0 Å². The highest BCUT2D eigenvalue weighted by Gasteiger charge is 2.28. The van der Waals surface area contributed by atoms with Crippen LogP contribution in [-0.4, -0.2) is 35.4 Å². The summed E-state index contributed by atoms with van der Waals surface area (Å²) in [4.78, 5) is 18.3. The number of hydrogen-bond donors (Lipinski definition) is 1. The predicted octanol–water partition coefficient (Wildman–Crippen LogP) is 1.65. The largest absolute Gasteiger partial charge is 0.342 e. The van der Waals surface area contributed by atoms with Gasteiger partial charge in [-0.15, -0.1) is 11.3 Å². The van der Waals surface area contributed by atoms with Gasteiger partial charge in [0.25, 0.3) is 0 Å². The van der Waals surface area contributed by atoms with Gasteiger partial charge in [-0.2, -0.15) is 0 Å². The predicted molar refractivity (Wildman–Crippen MR) is 77.1 cm³/mol. The summed E-state index contributed by atoms with van der Waals surface area (Å²) in [6.07, 6.45) is 1.44. The van der Waals surface area contributed by atoms with Crippen LogP contribution in [0.25, 0.3) is 10.2 Å². The Hall–Kier alpha value is -1.46. The molecule has 2 aromatic rings. The van der Waals surface area contributed by atoms with Crippen molar-refractivity contribution in [3.05, 3.63) is 29.3 Å². The van der Waals surface area contributed by atoms with E-state index in [-0.39, 0.29) is 5.91 Å². The second-order valence-corrected chi connectivity index (χ2v) is 6.09. The lowest BCUT2D eigenvalue weighted by atomic mass is 10.1. The standard InChI is InChI=1S/C14H17N3OS/c15-8-10-7-14(18)17(9-10)6-5-13-16-11-3-1-2-4-12(11)19-13/h1-4,10H,5-9,15H2.